The molecule has 30 heavy (non-hydrogen) atoms. The van der Waals surface area contributed by atoms with Crippen LogP contribution in [-0.4, -0.2) is 60.0 Å². The number of rotatable bonds is 7. The van der Waals surface area contributed by atoms with E-state index in [9.17, 15) is 14.4 Å². The van der Waals surface area contributed by atoms with Gasteiger partial charge in [0.25, 0.3) is 5.91 Å². The van der Waals surface area contributed by atoms with E-state index in [0.717, 1.165) is 12.8 Å². The van der Waals surface area contributed by atoms with Gasteiger partial charge in [-0.2, -0.15) is 0 Å². The topological polar surface area (TPSA) is 77.8 Å². The lowest BCUT2D eigenvalue weighted by molar-refractivity contribution is 0.0506. The molecular weight excluding hydrogens is 384 g/mol. The molecule has 1 atom stereocenters. The maximum atomic E-state index is 13.3. The van der Waals surface area contributed by atoms with Crippen molar-refractivity contribution in [3.05, 3.63) is 58.4 Å². The van der Waals surface area contributed by atoms with E-state index in [0.29, 0.717) is 41.2 Å². The molecule has 7 nitrogen and oxygen atoms in total. The zero-order valence-corrected chi connectivity index (χ0v) is 17.9. The Labute approximate surface area is 176 Å². The van der Waals surface area contributed by atoms with Crippen LogP contribution in [0.15, 0.2) is 30.3 Å². The molecule has 1 amide bonds. The largest absolute Gasteiger partial charge is 0.464 e. The number of carbonyl (C=O) groups excluding carboxylic acids is 3. The van der Waals surface area contributed by atoms with Crippen molar-refractivity contribution in [1.82, 2.24) is 9.47 Å². The second kappa shape index (κ2) is 9.26. The minimum absolute atomic E-state index is 0.0749. The number of carbonyl (C=O) groups is 3. The van der Waals surface area contributed by atoms with Crippen LogP contribution >= 0.6 is 0 Å². The van der Waals surface area contributed by atoms with Crippen molar-refractivity contribution < 1.29 is 23.9 Å². The average molecular weight is 412 g/mol. The normalized spacial score (nSPS) is 15.8. The Kier molecular flexibility index (Phi) is 6.72. The van der Waals surface area contributed by atoms with Gasteiger partial charge in [0.15, 0.2) is 5.78 Å². The summed E-state index contributed by atoms with van der Waals surface area (Å²) in [5.41, 5.74) is 2.56. The van der Waals surface area contributed by atoms with E-state index in [1.165, 1.54) is 7.11 Å². The molecule has 0 bridgehead atoms. The highest BCUT2D eigenvalue weighted by Crippen LogP contribution is 2.23. The van der Waals surface area contributed by atoms with Crippen molar-refractivity contribution in [2.24, 2.45) is 7.05 Å². The Bertz CT molecular complexity index is 942. The molecule has 3 rings (SSSR count). The molecule has 0 aliphatic carbocycles. The molecule has 1 saturated heterocycles. The molecule has 0 spiro atoms. The van der Waals surface area contributed by atoms with Crippen LogP contribution in [0.3, 0.4) is 0 Å². The number of ether oxygens (including phenoxy) is 2. The summed E-state index contributed by atoms with van der Waals surface area (Å²) >= 11 is 0. The van der Waals surface area contributed by atoms with Crippen LogP contribution in [0, 0.1) is 13.8 Å². The predicted molar refractivity (Wildman–Crippen MR) is 112 cm³/mol. The van der Waals surface area contributed by atoms with Crippen LogP contribution in [0.5, 0.6) is 0 Å². The summed E-state index contributed by atoms with van der Waals surface area (Å²) in [6.07, 6.45) is 1.74. The number of hydrogen-bond acceptors (Lipinski definition) is 5. The number of Topliss-reactive ketones (excluding diaryl/α,β-unsaturated/α-hetero) is 1. The fourth-order valence-corrected chi connectivity index (χ4v) is 4.04. The average Bonchev–Trinajstić information content (AvgIpc) is 3.33. The molecule has 0 saturated carbocycles. The molecule has 1 aliphatic rings. The first kappa shape index (κ1) is 21.8. The van der Waals surface area contributed by atoms with E-state index in [-0.39, 0.29) is 24.3 Å². The van der Waals surface area contributed by atoms with Gasteiger partial charge in [-0.15, -0.1) is 0 Å². The van der Waals surface area contributed by atoms with E-state index in [2.05, 4.69) is 0 Å². The van der Waals surface area contributed by atoms with Gasteiger partial charge in [-0.3, -0.25) is 9.59 Å². The van der Waals surface area contributed by atoms with Crippen LogP contribution in [0.25, 0.3) is 0 Å². The highest BCUT2D eigenvalue weighted by molar-refractivity contribution is 6.06. The van der Waals surface area contributed by atoms with E-state index in [4.69, 9.17) is 9.47 Å². The Morgan fingerprint density at radius 1 is 1.20 bits per heavy atom. The fourth-order valence-electron chi connectivity index (χ4n) is 4.04. The zero-order chi connectivity index (χ0) is 21.8. The van der Waals surface area contributed by atoms with Crippen LogP contribution < -0.4 is 0 Å². The SMILES string of the molecule is COC(=O)c1c(C)c(C(=O)CN(CC2CCCO2)C(=O)c2ccccc2)c(C)n1C. The number of benzene rings is 1. The van der Waals surface area contributed by atoms with E-state index in [1.54, 1.807) is 54.6 Å². The summed E-state index contributed by atoms with van der Waals surface area (Å²) in [6.45, 7) is 4.46. The van der Waals surface area contributed by atoms with Crippen LogP contribution in [0.1, 0.15) is 55.3 Å². The Morgan fingerprint density at radius 3 is 2.50 bits per heavy atom. The molecule has 160 valence electrons. The van der Waals surface area contributed by atoms with Gasteiger partial charge in [0.1, 0.15) is 5.69 Å². The van der Waals surface area contributed by atoms with Crippen molar-refractivity contribution in [3.8, 4) is 0 Å². The Hall–Kier alpha value is -2.93. The summed E-state index contributed by atoms with van der Waals surface area (Å²) in [5, 5.41) is 0. The van der Waals surface area contributed by atoms with Crippen LogP contribution in [-0.2, 0) is 16.5 Å². The minimum Gasteiger partial charge on any atom is -0.464 e. The maximum absolute atomic E-state index is 13.3. The molecule has 0 N–H and O–H groups in total. The third kappa shape index (κ3) is 4.31. The lowest BCUT2D eigenvalue weighted by Crippen LogP contribution is -2.41. The zero-order valence-electron chi connectivity index (χ0n) is 17.9. The molecule has 2 aromatic rings. The second-order valence-electron chi connectivity index (χ2n) is 7.59. The molecule has 1 aromatic heterocycles. The lowest BCUT2D eigenvalue weighted by Gasteiger charge is -2.25. The summed E-state index contributed by atoms with van der Waals surface area (Å²) in [7, 11) is 3.04. The van der Waals surface area contributed by atoms with Gasteiger partial charge in [-0.1, -0.05) is 18.2 Å². The summed E-state index contributed by atoms with van der Waals surface area (Å²) in [4.78, 5) is 40.1. The van der Waals surface area contributed by atoms with E-state index >= 15 is 0 Å². The van der Waals surface area contributed by atoms with E-state index < -0.39 is 5.97 Å². The number of methoxy groups -OCH3 is 1. The summed E-state index contributed by atoms with van der Waals surface area (Å²) < 4.78 is 12.2. The van der Waals surface area contributed by atoms with Crippen molar-refractivity contribution in [2.75, 3.05) is 26.8 Å². The van der Waals surface area contributed by atoms with Gasteiger partial charge in [0.05, 0.1) is 19.8 Å². The predicted octanol–water partition coefficient (Wildman–Crippen LogP) is 2.93. The van der Waals surface area contributed by atoms with Gasteiger partial charge < -0.3 is 18.9 Å². The summed E-state index contributed by atoms with van der Waals surface area (Å²) in [5.74, 6) is -0.911. The van der Waals surface area contributed by atoms with Gasteiger partial charge in [0, 0.05) is 37.0 Å². The molecule has 1 unspecified atom stereocenters. The highest BCUT2D eigenvalue weighted by atomic mass is 16.5. The number of hydrogen-bond donors (Lipinski definition) is 0. The van der Waals surface area contributed by atoms with Crippen molar-refractivity contribution in [1.29, 1.82) is 0 Å². The van der Waals surface area contributed by atoms with Crippen molar-refractivity contribution >= 4 is 17.7 Å². The monoisotopic (exact) mass is 412 g/mol. The van der Waals surface area contributed by atoms with Gasteiger partial charge >= 0.3 is 5.97 Å². The van der Waals surface area contributed by atoms with Gasteiger partial charge in [-0.05, 0) is 44.4 Å². The molecule has 2 heterocycles. The number of amides is 1. The van der Waals surface area contributed by atoms with E-state index in [1.807, 2.05) is 6.07 Å². The van der Waals surface area contributed by atoms with Crippen LogP contribution in [0.4, 0.5) is 0 Å². The lowest BCUT2D eigenvalue weighted by atomic mass is 10.0. The molecule has 1 aliphatic heterocycles. The maximum Gasteiger partial charge on any atom is 0.354 e. The first-order valence-corrected chi connectivity index (χ1v) is 10.1. The summed E-state index contributed by atoms with van der Waals surface area (Å²) in [6, 6.07) is 8.92. The Balaban J connectivity index is 1.89. The second-order valence-corrected chi connectivity index (χ2v) is 7.59. The third-order valence-electron chi connectivity index (χ3n) is 5.68. The molecule has 0 radical (unpaired) electrons. The molecule has 7 heteroatoms. The number of nitrogens with zero attached hydrogens (tertiary/aromatic N) is 2. The number of esters is 1. The Morgan fingerprint density at radius 2 is 1.90 bits per heavy atom. The quantitative estimate of drug-likeness (QED) is 0.516. The standard InChI is InChI=1S/C23H28N2O5/c1-15-20(16(2)24(3)21(15)23(28)29-4)19(26)14-25(13-18-11-8-12-30-18)22(27)17-9-6-5-7-10-17/h5-7,9-10,18H,8,11-14H2,1-4H3. The third-order valence-corrected chi connectivity index (χ3v) is 5.68. The molecular formula is C23H28N2O5. The first-order chi connectivity index (χ1) is 14.3. The number of ketones is 1. The smallest absolute Gasteiger partial charge is 0.354 e. The van der Waals surface area contributed by atoms with Crippen LogP contribution in [0.2, 0.25) is 0 Å². The number of aromatic nitrogens is 1. The van der Waals surface area contributed by atoms with Gasteiger partial charge in [0.2, 0.25) is 0 Å². The molecule has 1 fully saturated rings. The first-order valence-electron chi connectivity index (χ1n) is 10.1. The minimum atomic E-state index is -0.492. The van der Waals surface area contributed by atoms with Crippen molar-refractivity contribution in [3.63, 3.8) is 0 Å². The highest BCUT2D eigenvalue weighted by Gasteiger charge is 2.29. The fraction of sp³-hybridized carbons (Fsp3) is 0.435. The molecule has 1 aromatic carbocycles. The van der Waals surface area contributed by atoms with Crippen molar-refractivity contribution in [2.45, 2.75) is 32.8 Å². The van der Waals surface area contributed by atoms with Gasteiger partial charge in [-0.25, -0.2) is 4.79 Å².